The first-order valence-electron chi connectivity index (χ1n) is 7.42. The zero-order valence-electron chi connectivity index (χ0n) is 12.2. The number of carboxylic acid groups (broad SMARTS) is 1. The Kier molecular flexibility index (Phi) is 5.25. The molecule has 1 N–H and O–H groups in total. The van der Waals surface area contributed by atoms with Crippen LogP contribution in [0.3, 0.4) is 0 Å². The van der Waals surface area contributed by atoms with Gasteiger partial charge in [-0.25, -0.2) is 4.79 Å². The molecule has 0 bridgehead atoms. The van der Waals surface area contributed by atoms with Crippen LogP contribution >= 0.6 is 12.4 Å². The van der Waals surface area contributed by atoms with E-state index in [1.54, 1.807) is 6.07 Å². The van der Waals surface area contributed by atoms with Crippen molar-refractivity contribution >= 4 is 18.4 Å². The van der Waals surface area contributed by atoms with Crippen molar-refractivity contribution in [3.05, 3.63) is 34.9 Å². The highest BCUT2D eigenvalue weighted by atomic mass is 35.5. The molecule has 1 heterocycles. The number of ether oxygens (including phenoxy) is 1. The van der Waals surface area contributed by atoms with E-state index in [1.165, 1.54) is 5.56 Å². The molecule has 0 saturated carbocycles. The van der Waals surface area contributed by atoms with Crippen molar-refractivity contribution in [2.24, 2.45) is 0 Å². The Morgan fingerprint density at radius 1 is 1.48 bits per heavy atom. The van der Waals surface area contributed by atoms with E-state index < -0.39 is 5.97 Å². The Labute approximate surface area is 131 Å². The van der Waals surface area contributed by atoms with Crippen LogP contribution in [0.25, 0.3) is 0 Å². The number of fused-ring (bicyclic) bond motifs is 3. The quantitative estimate of drug-likeness (QED) is 0.932. The minimum Gasteiger partial charge on any atom is -0.478 e. The number of aryl methyl sites for hydroxylation is 1. The van der Waals surface area contributed by atoms with Crippen LogP contribution in [-0.4, -0.2) is 41.7 Å². The number of aromatic carboxylic acids is 1. The van der Waals surface area contributed by atoms with E-state index >= 15 is 0 Å². The Morgan fingerprint density at radius 3 is 3.00 bits per heavy atom. The SMILES string of the molecule is CCCN1CCO[C@H]2c3cc(C(=O)O)ccc3CC[C@H]21.Cl. The van der Waals surface area contributed by atoms with Crippen LogP contribution in [0.1, 0.15) is 47.4 Å². The van der Waals surface area contributed by atoms with E-state index in [0.717, 1.165) is 44.5 Å². The van der Waals surface area contributed by atoms with Crippen molar-refractivity contribution in [2.75, 3.05) is 19.7 Å². The number of carbonyl (C=O) groups is 1. The van der Waals surface area contributed by atoms with E-state index in [0.29, 0.717) is 11.6 Å². The molecule has 0 aromatic heterocycles. The second kappa shape index (κ2) is 6.77. The Balaban J connectivity index is 0.00000161. The molecule has 1 saturated heterocycles. The number of hydrogen-bond acceptors (Lipinski definition) is 3. The zero-order chi connectivity index (χ0) is 14.1. The first kappa shape index (κ1) is 16.3. The van der Waals surface area contributed by atoms with Crippen LogP contribution in [0, 0.1) is 0 Å². The maximum absolute atomic E-state index is 11.2. The molecule has 5 heteroatoms. The van der Waals surface area contributed by atoms with Gasteiger partial charge >= 0.3 is 5.97 Å². The van der Waals surface area contributed by atoms with Gasteiger partial charge in [-0.1, -0.05) is 13.0 Å². The highest BCUT2D eigenvalue weighted by Crippen LogP contribution is 2.38. The lowest BCUT2D eigenvalue weighted by Crippen LogP contribution is -2.49. The van der Waals surface area contributed by atoms with Crippen molar-refractivity contribution < 1.29 is 14.6 Å². The van der Waals surface area contributed by atoms with E-state index in [9.17, 15) is 4.79 Å². The van der Waals surface area contributed by atoms with Gasteiger partial charge in [0.05, 0.1) is 18.3 Å². The summed E-state index contributed by atoms with van der Waals surface area (Å²) in [7, 11) is 0. The van der Waals surface area contributed by atoms with Crippen LogP contribution in [0.2, 0.25) is 0 Å². The molecule has 1 aliphatic carbocycles. The maximum Gasteiger partial charge on any atom is 0.335 e. The number of nitrogens with zero attached hydrogens (tertiary/aromatic N) is 1. The Hall–Kier alpha value is -1.10. The van der Waals surface area contributed by atoms with E-state index in [1.807, 2.05) is 12.1 Å². The van der Waals surface area contributed by atoms with Gasteiger partial charge in [-0.05, 0) is 49.1 Å². The summed E-state index contributed by atoms with van der Waals surface area (Å²) >= 11 is 0. The molecule has 0 unspecified atom stereocenters. The number of benzene rings is 1. The van der Waals surface area contributed by atoms with Gasteiger partial charge in [0, 0.05) is 12.6 Å². The molecule has 0 spiro atoms. The molecule has 0 radical (unpaired) electrons. The van der Waals surface area contributed by atoms with Gasteiger partial charge < -0.3 is 9.84 Å². The summed E-state index contributed by atoms with van der Waals surface area (Å²) in [5, 5.41) is 9.17. The highest BCUT2D eigenvalue weighted by Gasteiger charge is 2.37. The number of rotatable bonds is 3. The second-order valence-corrected chi connectivity index (χ2v) is 5.65. The molecule has 4 nitrogen and oxygen atoms in total. The molecule has 0 amide bonds. The van der Waals surface area contributed by atoms with Crippen LogP contribution in [0.5, 0.6) is 0 Å². The van der Waals surface area contributed by atoms with Gasteiger partial charge in [-0.3, -0.25) is 4.90 Å². The lowest BCUT2D eigenvalue weighted by molar-refractivity contribution is -0.0801. The van der Waals surface area contributed by atoms with Gasteiger partial charge in [-0.15, -0.1) is 12.4 Å². The van der Waals surface area contributed by atoms with E-state index in [2.05, 4.69) is 11.8 Å². The molecule has 116 valence electrons. The highest BCUT2D eigenvalue weighted by molar-refractivity contribution is 5.88. The average Bonchev–Trinajstić information content (AvgIpc) is 2.47. The van der Waals surface area contributed by atoms with Gasteiger partial charge in [0.25, 0.3) is 0 Å². The summed E-state index contributed by atoms with van der Waals surface area (Å²) in [5.74, 6) is -0.865. The first-order valence-corrected chi connectivity index (χ1v) is 7.42. The first-order chi connectivity index (χ1) is 9.70. The fourth-order valence-corrected chi connectivity index (χ4v) is 3.49. The molecule has 1 aromatic carbocycles. The number of morpholine rings is 1. The minimum absolute atomic E-state index is 0. The van der Waals surface area contributed by atoms with Crippen molar-refractivity contribution in [3.63, 3.8) is 0 Å². The van der Waals surface area contributed by atoms with Crippen molar-refractivity contribution in [1.29, 1.82) is 0 Å². The standard InChI is InChI=1S/C16H21NO3.ClH/c1-2-7-17-8-9-20-15-13-10-12(16(18)19)4-3-11(13)5-6-14(15)17;/h3-4,10,14-15H,2,5-9H2,1H3,(H,18,19);1H/t14-,15+;/m1./s1. The molecule has 3 rings (SSSR count). The lowest BCUT2D eigenvalue weighted by Gasteiger charge is -2.44. The fourth-order valence-electron chi connectivity index (χ4n) is 3.49. The third-order valence-corrected chi connectivity index (χ3v) is 4.41. The minimum atomic E-state index is -0.865. The molecule has 1 aliphatic heterocycles. The van der Waals surface area contributed by atoms with Crippen molar-refractivity contribution in [3.8, 4) is 0 Å². The van der Waals surface area contributed by atoms with Gasteiger partial charge in [-0.2, -0.15) is 0 Å². The monoisotopic (exact) mass is 311 g/mol. The molecule has 2 aliphatic rings. The summed E-state index contributed by atoms with van der Waals surface area (Å²) in [6.07, 6.45) is 3.30. The normalized spacial score (nSPS) is 24.6. The van der Waals surface area contributed by atoms with Crippen LogP contribution in [0.4, 0.5) is 0 Å². The Morgan fingerprint density at radius 2 is 2.29 bits per heavy atom. The third-order valence-electron chi connectivity index (χ3n) is 4.41. The van der Waals surface area contributed by atoms with Crippen LogP contribution in [0.15, 0.2) is 18.2 Å². The van der Waals surface area contributed by atoms with Gasteiger partial charge in [0.15, 0.2) is 0 Å². The summed E-state index contributed by atoms with van der Waals surface area (Å²) in [6.45, 7) is 5.02. The Bertz CT molecular complexity index is 518. The summed E-state index contributed by atoms with van der Waals surface area (Å²) in [4.78, 5) is 13.7. The van der Waals surface area contributed by atoms with Gasteiger partial charge in [0.1, 0.15) is 0 Å². The van der Waals surface area contributed by atoms with E-state index in [-0.39, 0.29) is 18.5 Å². The summed E-state index contributed by atoms with van der Waals surface area (Å²) in [5.41, 5.74) is 2.69. The third kappa shape index (κ3) is 3.07. The summed E-state index contributed by atoms with van der Waals surface area (Å²) in [6, 6.07) is 5.87. The second-order valence-electron chi connectivity index (χ2n) is 5.65. The van der Waals surface area contributed by atoms with Crippen LogP contribution in [-0.2, 0) is 11.2 Å². The van der Waals surface area contributed by atoms with Crippen LogP contribution < -0.4 is 0 Å². The zero-order valence-corrected chi connectivity index (χ0v) is 13.1. The van der Waals surface area contributed by atoms with Gasteiger partial charge in [0.2, 0.25) is 0 Å². The smallest absolute Gasteiger partial charge is 0.335 e. The average molecular weight is 312 g/mol. The maximum atomic E-state index is 11.2. The summed E-state index contributed by atoms with van der Waals surface area (Å²) < 4.78 is 5.99. The number of halogens is 1. The van der Waals surface area contributed by atoms with Crippen molar-refractivity contribution in [1.82, 2.24) is 4.90 Å². The lowest BCUT2D eigenvalue weighted by atomic mass is 9.83. The fraction of sp³-hybridized carbons (Fsp3) is 0.562. The molecule has 1 fully saturated rings. The van der Waals surface area contributed by atoms with Crippen molar-refractivity contribution in [2.45, 2.75) is 38.3 Å². The molecular weight excluding hydrogens is 290 g/mol. The molecule has 2 atom stereocenters. The topological polar surface area (TPSA) is 49.8 Å². The molecule has 21 heavy (non-hydrogen) atoms. The molecular formula is C16H22ClNO3. The largest absolute Gasteiger partial charge is 0.478 e. The van der Waals surface area contributed by atoms with E-state index in [4.69, 9.17) is 9.84 Å². The molecule has 1 aromatic rings. The predicted molar refractivity (Wildman–Crippen MR) is 83.3 cm³/mol. The predicted octanol–water partition coefficient (Wildman–Crippen LogP) is 2.90. The number of hydrogen-bond donors (Lipinski definition) is 1. The number of carboxylic acids is 1.